The molecule has 1 saturated heterocycles. The number of aromatic nitrogens is 3. The van der Waals surface area contributed by atoms with Crippen LogP contribution in [0.15, 0.2) is 17.0 Å². The fourth-order valence-corrected chi connectivity index (χ4v) is 1.86. The standard InChI is InChI=1S/C10H13N5O/c1-2-11-3-5-15(4-1)10-12-6-8-9(14-10)16-7-13-8/h6-7,11H,1-5H2. The number of anilines is 1. The molecule has 0 aliphatic carbocycles. The Bertz CT molecular complexity index is 475. The van der Waals surface area contributed by atoms with E-state index < -0.39 is 0 Å². The maximum absolute atomic E-state index is 5.18. The number of nitrogens with one attached hydrogen (secondary N) is 1. The SMILES string of the molecule is c1nc2cnc(N3CCCNCC3)nc2o1. The number of oxazole rings is 1. The van der Waals surface area contributed by atoms with Gasteiger partial charge < -0.3 is 14.6 Å². The van der Waals surface area contributed by atoms with Gasteiger partial charge in [0.15, 0.2) is 6.39 Å². The second kappa shape index (κ2) is 4.05. The molecule has 0 atom stereocenters. The van der Waals surface area contributed by atoms with E-state index in [4.69, 9.17) is 4.42 Å². The summed E-state index contributed by atoms with van der Waals surface area (Å²) in [5, 5.41) is 3.35. The summed E-state index contributed by atoms with van der Waals surface area (Å²) in [6, 6.07) is 0. The minimum atomic E-state index is 0.558. The van der Waals surface area contributed by atoms with E-state index in [1.807, 2.05) is 0 Å². The van der Waals surface area contributed by atoms with Gasteiger partial charge in [-0.15, -0.1) is 0 Å². The number of fused-ring (bicyclic) bond motifs is 1. The Labute approximate surface area is 92.7 Å². The summed E-state index contributed by atoms with van der Waals surface area (Å²) in [5.74, 6) is 0.730. The molecule has 0 saturated carbocycles. The Balaban J connectivity index is 1.91. The number of hydrogen-bond donors (Lipinski definition) is 1. The number of hydrogen-bond acceptors (Lipinski definition) is 6. The Morgan fingerprint density at radius 2 is 2.25 bits per heavy atom. The molecule has 2 aromatic rings. The highest BCUT2D eigenvalue weighted by atomic mass is 16.3. The molecule has 0 spiro atoms. The first-order chi connectivity index (χ1) is 7.93. The minimum Gasteiger partial charge on any atom is -0.425 e. The van der Waals surface area contributed by atoms with E-state index >= 15 is 0 Å². The van der Waals surface area contributed by atoms with Gasteiger partial charge >= 0.3 is 0 Å². The fourth-order valence-electron chi connectivity index (χ4n) is 1.86. The average molecular weight is 219 g/mol. The lowest BCUT2D eigenvalue weighted by molar-refractivity contribution is 0.589. The van der Waals surface area contributed by atoms with Gasteiger partial charge in [0.2, 0.25) is 5.95 Å². The first-order valence-electron chi connectivity index (χ1n) is 5.45. The lowest BCUT2D eigenvalue weighted by Gasteiger charge is -2.18. The van der Waals surface area contributed by atoms with Gasteiger partial charge in [0.1, 0.15) is 5.52 Å². The van der Waals surface area contributed by atoms with Gasteiger partial charge in [0.25, 0.3) is 5.71 Å². The second-order valence-corrected chi connectivity index (χ2v) is 3.80. The van der Waals surface area contributed by atoms with Crippen molar-refractivity contribution >= 4 is 17.2 Å². The van der Waals surface area contributed by atoms with Crippen molar-refractivity contribution in [3.8, 4) is 0 Å². The molecular weight excluding hydrogens is 206 g/mol. The highest BCUT2D eigenvalue weighted by molar-refractivity contribution is 5.67. The Hall–Kier alpha value is -1.69. The summed E-state index contributed by atoms with van der Waals surface area (Å²) < 4.78 is 5.18. The van der Waals surface area contributed by atoms with E-state index in [0.29, 0.717) is 11.2 Å². The normalized spacial score (nSPS) is 17.6. The van der Waals surface area contributed by atoms with Crippen LogP contribution in [0.1, 0.15) is 6.42 Å². The third-order valence-electron chi connectivity index (χ3n) is 2.70. The van der Waals surface area contributed by atoms with Crippen LogP contribution in [0.4, 0.5) is 5.95 Å². The van der Waals surface area contributed by atoms with E-state index in [1.165, 1.54) is 6.39 Å². The summed E-state index contributed by atoms with van der Waals surface area (Å²) in [6.07, 6.45) is 4.21. The Morgan fingerprint density at radius 1 is 1.25 bits per heavy atom. The van der Waals surface area contributed by atoms with Crippen LogP contribution in [0.5, 0.6) is 0 Å². The molecule has 6 heteroatoms. The van der Waals surface area contributed by atoms with Gasteiger partial charge in [-0.25, -0.2) is 9.97 Å². The predicted octanol–water partition coefficient (Wildman–Crippen LogP) is 0.417. The van der Waals surface area contributed by atoms with Gasteiger partial charge in [-0.05, 0) is 13.0 Å². The van der Waals surface area contributed by atoms with Crippen LogP contribution in [-0.2, 0) is 0 Å². The predicted molar refractivity (Wildman–Crippen MR) is 59.3 cm³/mol. The first kappa shape index (κ1) is 9.53. The summed E-state index contributed by atoms with van der Waals surface area (Å²) in [5.41, 5.74) is 1.26. The zero-order chi connectivity index (χ0) is 10.8. The van der Waals surface area contributed by atoms with Crippen LogP contribution >= 0.6 is 0 Å². The lowest BCUT2D eigenvalue weighted by atomic mass is 10.4. The van der Waals surface area contributed by atoms with Crippen LogP contribution in [-0.4, -0.2) is 41.1 Å². The molecule has 3 rings (SSSR count). The van der Waals surface area contributed by atoms with Gasteiger partial charge in [0.05, 0.1) is 6.20 Å². The molecular formula is C10H13N5O. The number of nitrogens with zero attached hydrogens (tertiary/aromatic N) is 4. The van der Waals surface area contributed by atoms with Crippen LogP contribution in [0.2, 0.25) is 0 Å². The third-order valence-corrected chi connectivity index (χ3v) is 2.70. The van der Waals surface area contributed by atoms with Crippen LogP contribution in [0.3, 0.4) is 0 Å². The molecule has 84 valence electrons. The van der Waals surface area contributed by atoms with E-state index in [0.717, 1.165) is 38.5 Å². The summed E-state index contributed by atoms with van der Waals surface area (Å²) >= 11 is 0. The molecule has 1 aliphatic heterocycles. The van der Waals surface area contributed by atoms with Gasteiger partial charge in [-0.2, -0.15) is 4.98 Å². The van der Waals surface area contributed by atoms with E-state index in [1.54, 1.807) is 6.20 Å². The molecule has 16 heavy (non-hydrogen) atoms. The Morgan fingerprint density at radius 3 is 3.25 bits per heavy atom. The fraction of sp³-hybridized carbons (Fsp3) is 0.500. The second-order valence-electron chi connectivity index (χ2n) is 3.80. The molecule has 6 nitrogen and oxygen atoms in total. The van der Waals surface area contributed by atoms with Crippen molar-refractivity contribution in [3.63, 3.8) is 0 Å². The summed E-state index contributed by atoms with van der Waals surface area (Å²) in [7, 11) is 0. The van der Waals surface area contributed by atoms with Crippen molar-refractivity contribution < 1.29 is 4.42 Å². The first-order valence-corrected chi connectivity index (χ1v) is 5.45. The van der Waals surface area contributed by atoms with E-state index in [9.17, 15) is 0 Å². The third kappa shape index (κ3) is 1.71. The van der Waals surface area contributed by atoms with E-state index in [-0.39, 0.29) is 0 Å². The topological polar surface area (TPSA) is 67.1 Å². The largest absolute Gasteiger partial charge is 0.425 e. The summed E-state index contributed by atoms with van der Waals surface area (Å²) in [6.45, 7) is 3.94. The van der Waals surface area contributed by atoms with E-state index in [2.05, 4.69) is 25.2 Å². The lowest BCUT2D eigenvalue weighted by Crippen LogP contribution is -2.29. The monoisotopic (exact) mass is 219 g/mol. The molecule has 2 aromatic heterocycles. The highest BCUT2D eigenvalue weighted by Crippen LogP contribution is 2.14. The molecule has 0 radical (unpaired) electrons. The smallest absolute Gasteiger partial charge is 0.251 e. The van der Waals surface area contributed by atoms with Crippen LogP contribution in [0.25, 0.3) is 11.2 Å². The van der Waals surface area contributed by atoms with Crippen molar-refractivity contribution in [3.05, 3.63) is 12.6 Å². The Kier molecular flexibility index (Phi) is 2.41. The molecule has 1 aliphatic rings. The van der Waals surface area contributed by atoms with Crippen molar-refractivity contribution in [1.82, 2.24) is 20.3 Å². The van der Waals surface area contributed by atoms with Crippen molar-refractivity contribution in [2.45, 2.75) is 6.42 Å². The molecule has 1 N–H and O–H groups in total. The maximum Gasteiger partial charge on any atom is 0.251 e. The zero-order valence-corrected chi connectivity index (χ0v) is 8.89. The van der Waals surface area contributed by atoms with Gasteiger partial charge in [0, 0.05) is 19.6 Å². The zero-order valence-electron chi connectivity index (χ0n) is 8.89. The van der Waals surface area contributed by atoms with Crippen molar-refractivity contribution in [2.24, 2.45) is 0 Å². The highest BCUT2D eigenvalue weighted by Gasteiger charge is 2.13. The van der Waals surface area contributed by atoms with Crippen LogP contribution in [0, 0.1) is 0 Å². The molecule has 0 bridgehead atoms. The maximum atomic E-state index is 5.18. The van der Waals surface area contributed by atoms with Crippen molar-refractivity contribution in [1.29, 1.82) is 0 Å². The quantitative estimate of drug-likeness (QED) is 0.749. The molecule has 1 fully saturated rings. The van der Waals surface area contributed by atoms with Gasteiger partial charge in [-0.1, -0.05) is 0 Å². The summed E-state index contributed by atoms with van der Waals surface area (Å²) in [4.78, 5) is 14.8. The number of rotatable bonds is 1. The average Bonchev–Trinajstić information content (AvgIpc) is 2.61. The molecule has 0 unspecified atom stereocenters. The van der Waals surface area contributed by atoms with Crippen LogP contribution < -0.4 is 10.2 Å². The molecule has 0 amide bonds. The molecule has 3 heterocycles. The van der Waals surface area contributed by atoms with Crippen molar-refractivity contribution in [2.75, 3.05) is 31.1 Å². The minimum absolute atomic E-state index is 0.558. The van der Waals surface area contributed by atoms with Gasteiger partial charge in [-0.3, -0.25) is 0 Å². The molecule has 0 aromatic carbocycles.